The second kappa shape index (κ2) is 4.32. The summed E-state index contributed by atoms with van der Waals surface area (Å²) in [5.41, 5.74) is 0. The Morgan fingerprint density at radius 3 is 2.81 bits per heavy atom. The van der Waals surface area contributed by atoms with Crippen molar-refractivity contribution in [2.75, 3.05) is 11.6 Å². The van der Waals surface area contributed by atoms with E-state index in [1.165, 1.54) is 16.7 Å². The zero-order valence-electron chi connectivity index (χ0n) is 8.51. The number of carboxylic acids is 1. The molecule has 0 aromatic rings. The molecule has 2 N–H and O–H groups in total. The molecule has 2 saturated heterocycles. The third-order valence-electron chi connectivity index (χ3n) is 2.74. The van der Waals surface area contributed by atoms with Crippen LogP contribution in [-0.4, -0.2) is 51.5 Å². The molecule has 2 heterocycles. The molecular weight excluding hydrogens is 232 g/mol. The summed E-state index contributed by atoms with van der Waals surface area (Å²) in [7, 11) is 0. The average Bonchev–Trinajstić information content (AvgIpc) is 2.84. The van der Waals surface area contributed by atoms with Gasteiger partial charge in [-0.1, -0.05) is 0 Å². The minimum atomic E-state index is -0.984. The molecule has 0 radical (unpaired) electrons. The highest BCUT2D eigenvalue weighted by Crippen LogP contribution is 2.23. The van der Waals surface area contributed by atoms with Crippen LogP contribution in [-0.2, 0) is 14.4 Å². The monoisotopic (exact) mass is 244 g/mol. The predicted molar refractivity (Wildman–Crippen MR) is 56.8 cm³/mol. The number of amides is 2. The molecular formula is C9H12N2O4S. The lowest BCUT2D eigenvalue weighted by molar-refractivity contribution is -0.148. The highest BCUT2D eigenvalue weighted by molar-refractivity contribution is 7.99. The summed E-state index contributed by atoms with van der Waals surface area (Å²) in [6.07, 6.45) is 0.806. The summed E-state index contributed by atoms with van der Waals surface area (Å²) in [4.78, 5) is 35.2. The van der Waals surface area contributed by atoms with Gasteiger partial charge in [0.15, 0.2) is 0 Å². The molecule has 0 aromatic heterocycles. The summed E-state index contributed by atoms with van der Waals surface area (Å²) < 4.78 is 0. The van der Waals surface area contributed by atoms with E-state index in [4.69, 9.17) is 5.11 Å². The lowest BCUT2D eigenvalue weighted by Crippen LogP contribution is -2.49. The lowest BCUT2D eigenvalue weighted by Gasteiger charge is -2.23. The molecule has 0 aliphatic carbocycles. The number of nitrogens with one attached hydrogen (secondary N) is 1. The number of thioether (sulfide) groups is 1. The van der Waals surface area contributed by atoms with Crippen molar-refractivity contribution in [3.05, 3.63) is 0 Å². The maximum absolute atomic E-state index is 11.9. The predicted octanol–water partition coefficient (Wildman–Crippen LogP) is -0.749. The van der Waals surface area contributed by atoms with E-state index in [-0.39, 0.29) is 11.8 Å². The Kier molecular flexibility index (Phi) is 3.04. The van der Waals surface area contributed by atoms with Crippen LogP contribution < -0.4 is 5.32 Å². The molecule has 7 heteroatoms. The number of hydrogen-bond acceptors (Lipinski definition) is 4. The maximum atomic E-state index is 11.9. The third-order valence-corrected chi connectivity index (χ3v) is 3.76. The summed E-state index contributed by atoms with van der Waals surface area (Å²) in [5.74, 6) is -0.591. The van der Waals surface area contributed by atoms with Crippen molar-refractivity contribution >= 4 is 29.5 Å². The minimum absolute atomic E-state index is 0.142. The Bertz CT molecular complexity index is 346. The number of aliphatic carboxylic acids is 1. The van der Waals surface area contributed by atoms with Crippen LogP contribution in [0, 0.1) is 0 Å². The first kappa shape index (κ1) is 11.3. The van der Waals surface area contributed by atoms with Gasteiger partial charge in [-0.25, -0.2) is 4.79 Å². The first-order valence-corrected chi connectivity index (χ1v) is 6.15. The van der Waals surface area contributed by atoms with E-state index in [0.29, 0.717) is 24.5 Å². The molecule has 1 unspecified atom stereocenters. The van der Waals surface area contributed by atoms with Gasteiger partial charge in [-0.15, -0.1) is 11.8 Å². The van der Waals surface area contributed by atoms with Crippen LogP contribution in [0.2, 0.25) is 0 Å². The van der Waals surface area contributed by atoms with Crippen molar-refractivity contribution in [2.24, 2.45) is 0 Å². The largest absolute Gasteiger partial charge is 0.480 e. The molecule has 2 rings (SSSR count). The molecule has 0 aromatic carbocycles. The summed E-state index contributed by atoms with van der Waals surface area (Å²) in [5, 5.41) is 11.5. The van der Waals surface area contributed by atoms with Crippen molar-refractivity contribution in [3.8, 4) is 0 Å². The van der Waals surface area contributed by atoms with E-state index in [9.17, 15) is 14.4 Å². The Balaban J connectivity index is 2.03. The van der Waals surface area contributed by atoms with Crippen molar-refractivity contribution in [2.45, 2.75) is 24.9 Å². The van der Waals surface area contributed by atoms with Crippen molar-refractivity contribution in [1.82, 2.24) is 10.2 Å². The van der Waals surface area contributed by atoms with Crippen molar-refractivity contribution in [3.63, 3.8) is 0 Å². The van der Waals surface area contributed by atoms with Gasteiger partial charge in [0.25, 0.3) is 0 Å². The molecule has 16 heavy (non-hydrogen) atoms. The van der Waals surface area contributed by atoms with Gasteiger partial charge in [-0.2, -0.15) is 0 Å². The SMILES string of the molecule is O=C1CC[C@@H](C(=O)N2CSCC2C(=O)O)N1. The third kappa shape index (κ3) is 1.99. The lowest BCUT2D eigenvalue weighted by atomic mass is 10.2. The van der Waals surface area contributed by atoms with E-state index in [1.54, 1.807) is 0 Å². The van der Waals surface area contributed by atoms with Gasteiger partial charge in [-0.3, -0.25) is 9.59 Å². The van der Waals surface area contributed by atoms with E-state index >= 15 is 0 Å². The first-order chi connectivity index (χ1) is 7.59. The van der Waals surface area contributed by atoms with Crippen LogP contribution in [0.1, 0.15) is 12.8 Å². The van der Waals surface area contributed by atoms with Crippen LogP contribution in [0.15, 0.2) is 0 Å². The Morgan fingerprint density at radius 1 is 1.50 bits per heavy atom. The van der Waals surface area contributed by atoms with Crippen LogP contribution >= 0.6 is 11.8 Å². The average molecular weight is 244 g/mol. The van der Waals surface area contributed by atoms with Crippen LogP contribution in [0.3, 0.4) is 0 Å². The molecule has 2 amide bonds. The van der Waals surface area contributed by atoms with Gasteiger partial charge in [-0.05, 0) is 6.42 Å². The Hall–Kier alpha value is -1.24. The van der Waals surface area contributed by atoms with Crippen molar-refractivity contribution in [1.29, 1.82) is 0 Å². The summed E-state index contributed by atoms with van der Waals surface area (Å²) in [6.45, 7) is 0. The van der Waals surface area contributed by atoms with Gasteiger partial charge >= 0.3 is 5.97 Å². The van der Waals surface area contributed by atoms with Crippen LogP contribution in [0.25, 0.3) is 0 Å². The first-order valence-electron chi connectivity index (χ1n) is 5.00. The molecule has 0 bridgehead atoms. The second-order valence-corrected chi connectivity index (χ2v) is 4.82. The number of carboxylic acid groups (broad SMARTS) is 1. The minimum Gasteiger partial charge on any atom is -0.480 e. The molecule has 88 valence electrons. The zero-order valence-corrected chi connectivity index (χ0v) is 9.33. The fourth-order valence-corrected chi connectivity index (χ4v) is 3.02. The number of nitrogens with zero attached hydrogens (tertiary/aromatic N) is 1. The van der Waals surface area contributed by atoms with E-state index in [0.717, 1.165) is 0 Å². The fourth-order valence-electron chi connectivity index (χ4n) is 1.86. The highest BCUT2D eigenvalue weighted by Gasteiger charge is 2.39. The van der Waals surface area contributed by atoms with Crippen LogP contribution in [0.5, 0.6) is 0 Å². The fraction of sp³-hybridized carbons (Fsp3) is 0.667. The van der Waals surface area contributed by atoms with Crippen molar-refractivity contribution < 1.29 is 19.5 Å². The molecule has 2 aliphatic heterocycles. The second-order valence-electron chi connectivity index (χ2n) is 3.82. The Labute approximate surface area is 96.4 Å². The molecule has 6 nitrogen and oxygen atoms in total. The van der Waals surface area contributed by atoms with Gasteiger partial charge < -0.3 is 15.3 Å². The van der Waals surface area contributed by atoms with Gasteiger partial charge in [0.05, 0.1) is 5.88 Å². The quantitative estimate of drug-likeness (QED) is 0.667. The van der Waals surface area contributed by atoms with Gasteiger partial charge in [0.2, 0.25) is 11.8 Å². The van der Waals surface area contributed by atoms with E-state index in [1.807, 2.05) is 0 Å². The van der Waals surface area contributed by atoms with Gasteiger partial charge in [0.1, 0.15) is 12.1 Å². The number of carbonyl (C=O) groups excluding carboxylic acids is 2. The maximum Gasteiger partial charge on any atom is 0.327 e. The number of rotatable bonds is 2. The number of hydrogen-bond donors (Lipinski definition) is 2. The van der Waals surface area contributed by atoms with Gasteiger partial charge in [0, 0.05) is 12.2 Å². The zero-order chi connectivity index (χ0) is 11.7. The molecule has 2 atom stereocenters. The molecule has 2 fully saturated rings. The topological polar surface area (TPSA) is 86.7 Å². The molecule has 0 saturated carbocycles. The Morgan fingerprint density at radius 2 is 2.25 bits per heavy atom. The normalized spacial score (nSPS) is 29.2. The standard InChI is InChI=1S/C9H12N2O4S/c12-7-2-1-5(10-7)8(13)11-4-16-3-6(11)9(14)15/h5-6H,1-4H2,(H,10,12)(H,14,15)/t5-,6?/m0/s1. The van der Waals surface area contributed by atoms with Crippen LogP contribution in [0.4, 0.5) is 0 Å². The summed E-state index contributed by atoms with van der Waals surface area (Å²) >= 11 is 1.42. The smallest absolute Gasteiger partial charge is 0.327 e. The number of carbonyl (C=O) groups is 3. The van der Waals surface area contributed by atoms with E-state index in [2.05, 4.69) is 5.32 Å². The van der Waals surface area contributed by atoms with E-state index < -0.39 is 18.1 Å². The molecule has 0 spiro atoms. The highest BCUT2D eigenvalue weighted by atomic mass is 32.2. The summed E-state index contributed by atoms with van der Waals surface area (Å²) in [6, 6.07) is -1.29. The molecule has 2 aliphatic rings.